The smallest absolute Gasteiger partial charge is 0.332 e. The second-order valence-electron chi connectivity index (χ2n) is 8.14. The van der Waals surface area contributed by atoms with E-state index in [0.29, 0.717) is 22.6 Å². The lowest BCUT2D eigenvalue weighted by Crippen LogP contribution is -2.39. The molecular weight excluding hydrogens is 404 g/mol. The van der Waals surface area contributed by atoms with Crippen molar-refractivity contribution >= 4 is 22.6 Å². The number of aryl methyl sites for hydroxylation is 3. The minimum atomic E-state index is -0.397. The Morgan fingerprint density at radius 1 is 0.938 bits per heavy atom. The molecule has 2 N–H and O–H groups in total. The molecule has 5 aromatic rings. The van der Waals surface area contributed by atoms with Crippen LogP contribution in [0.25, 0.3) is 22.6 Å². The number of hydrogen-bond acceptors (Lipinski definition) is 4. The fraction of sp³-hybridized carbons (Fsp3) is 0.208. The second kappa shape index (κ2) is 6.98. The van der Waals surface area contributed by atoms with Crippen LogP contribution in [0, 0.1) is 20.8 Å². The van der Waals surface area contributed by atoms with Gasteiger partial charge in [-0.25, -0.2) is 4.79 Å². The molecule has 0 radical (unpaired) electrons. The second-order valence-corrected chi connectivity index (χ2v) is 8.14. The average Bonchev–Trinajstić information content (AvgIpc) is 3.27. The molecule has 0 fully saturated rings. The summed E-state index contributed by atoms with van der Waals surface area (Å²) in [5.74, 6) is 0.550. The van der Waals surface area contributed by atoms with Crippen LogP contribution in [0.15, 0.2) is 58.1 Å². The number of rotatable bonds is 3. The minimum absolute atomic E-state index is 0.200. The van der Waals surface area contributed by atoms with E-state index in [4.69, 9.17) is 10.7 Å². The Bertz CT molecular complexity index is 1650. The lowest BCUT2D eigenvalue weighted by molar-refractivity contribution is 0.654. The largest absolute Gasteiger partial charge is 0.397 e. The zero-order valence-corrected chi connectivity index (χ0v) is 18.5. The van der Waals surface area contributed by atoms with Crippen molar-refractivity contribution in [2.45, 2.75) is 27.3 Å². The van der Waals surface area contributed by atoms with E-state index in [2.05, 4.69) is 0 Å². The van der Waals surface area contributed by atoms with Crippen molar-refractivity contribution in [3.63, 3.8) is 0 Å². The van der Waals surface area contributed by atoms with Gasteiger partial charge in [-0.2, -0.15) is 4.98 Å². The fourth-order valence-electron chi connectivity index (χ4n) is 4.33. The summed E-state index contributed by atoms with van der Waals surface area (Å²) in [6.45, 7) is 6.08. The molecule has 32 heavy (non-hydrogen) atoms. The van der Waals surface area contributed by atoms with E-state index in [1.807, 2.05) is 78.3 Å². The number of imidazole rings is 2. The number of fused-ring (bicyclic) bond motifs is 3. The topological polar surface area (TPSA) is 92.2 Å². The number of hydrogen-bond donors (Lipinski definition) is 1. The van der Waals surface area contributed by atoms with Crippen LogP contribution >= 0.6 is 0 Å². The molecule has 5 rings (SSSR count). The van der Waals surface area contributed by atoms with Crippen molar-refractivity contribution in [1.82, 2.24) is 23.1 Å². The molecule has 0 aliphatic carbocycles. The van der Waals surface area contributed by atoms with E-state index in [9.17, 15) is 9.59 Å². The Hall–Kier alpha value is -4.07. The standard InChI is InChI=1S/C24H24N6O2/c1-14-9-5-6-10-17(14)13-28-22(31)20-21(27(4)24(28)32)26-23-29(15(2)16(3)30(20)23)19-12-8-7-11-18(19)25/h5-12H,13,25H2,1-4H3. The molecule has 3 aromatic heterocycles. The third-order valence-electron chi connectivity index (χ3n) is 6.29. The molecule has 0 saturated heterocycles. The van der Waals surface area contributed by atoms with Crippen LogP contribution in [-0.4, -0.2) is 23.1 Å². The van der Waals surface area contributed by atoms with E-state index in [1.54, 1.807) is 7.05 Å². The number of nitrogens with zero attached hydrogens (tertiary/aromatic N) is 5. The molecule has 0 aliphatic heterocycles. The van der Waals surface area contributed by atoms with Crippen molar-refractivity contribution in [2.24, 2.45) is 7.05 Å². The summed E-state index contributed by atoms with van der Waals surface area (Å²) in [5, 5.41) is 0. The highest BCUT2D eigenvalue weighted by molar-refractivity contribution is 5.78. The highest BCUT2D eigenvalue weighted by atomic mass is 16.2. The maximum atomic E-state index is 13.6. The quantitative estimate of drug-likeness (QED) is 0.447. The van der Waals surface area contributed by atoms with Crippen molar-refractivity contribution < 1.29 is 0 Å². The van der Waals surface area contributed by atoms with Gasteiger partial charge in [0.25, 0.3) is 5.56 Å². The van der Waals surface area contributed by atoms with Gasteiger partial charge < -0.3 is 5.73 Å². The predicted octanol–water partition coefficient (Wildman–Crippen LogP) is 2.69. The van der Waals surface area contributed by atoms with Crippen LogP contribution in [0.1, 0.15) is 22.5 Å². The predicted molar refractivity (Wildman–Crippen MR) is 126 cm³/mol. The number of benzene rings is 2. The van der Waals surface area contributed by atoms with E-state index >= 15 is 0 Å². The SMILES string of the molecule is Cc1ccccc1Cn1c(=O)c2c(nc3n(-c4ccccc4N)c(C)c(C)n23)n(C)c1=O. The average molecular weight is 428 g/mol. The molecule has 2 aromatic carbocycles. The third-order valence-corrected chi connectivity index (χ3v) is 6.29. The lowest BCUT2D eigenvalue weighted by Gasteiger charge is -2.10. The molecule has 8 heteroatoms. The van der Waals surface area contributed by atoms with Gasteiger partial charge in [-0.1, -0.05) is 36.4 Å². The molecule has 0 unspecified atom stereocenters. The van der Waals surface area contributed by atoms with E-state index in [0.717, 1.165) is 28.2 Å². The van der Waals surface area contributed by atoms with Crippen molar-refractivity contribution in [3.05, 3.63) is 91.9 Å². The summed E-state index contributed by atoms with van der Waals surface area (Å²) < 4.78 is 6.48. The van der Waals surface area contributed by atoms with Gasteiger partial charge in [0.15, 0.2) is 11.2 Å². The van der Waals surface area contributed by atoms with Crippen LogP contribution in [-0.2, 0) is 13.6 Å². The number of nitrogens with two attached hydrogens (primary N) is 1. The molecule has 0 bridgehead atoms. The maximum absolute atomic E-state index is 13.6. The summed E-state index contributed by atoms with van der Waals surface area (Å²) in [6, 6.07) is 15.3. The van der Waals surface area contributed by atoms with Gasteiger partial charge in [-0.3, -0.25) is 22.9 Å². The van der Waals surface area contributed by atoms with Gasteiger partial charge >= 0.3 is 5.69 Å². The monoisotopic (exact) mass is 428 g/mol. The van der Waals surface area contributed by atoms with Gasteiger partial charge in [-0.15, -0.1) is 0 Å². The van der Waals surface area contributed by atoms with Crippen LogP contribution < -0.4 is 17.0 Å². The van der Waals surface area contributed by atoms with Gasteiger partial charge in [0.2, 0.25) is 5.78 Å². The molecule has 162 valence electrons. The van der Waals surface area contributed by atoms with Gasteiger partial charge in [0, 0.05) is 18.4 Å². The molecular formula is C24H24N6O2. The molecule has 0 saturated carbocycles. The van der Waals surface area contributed by atoms with E-state index in [1.165, 1.54) is 9.13 Å². The zero-order chi connectivity index (χ0) is 22.7. The Morgan fingerprint density at radius 2 is 1.62 bits per heavy atom. The molecule has 0 spiro atoms. The first-order valence-electron chi connectivity index (χ1n) is 10.4. The number of aromatic nitrogens is 5. The number of nitrogen functional groups attached to an aromatic ring is 1. The number of anilines is 1. The summed E-state index contributed by atoms with van der Waals surface area (Å²) in [5.41, 5.74) is 11.3. The highest BCUT2D eigenvalue weighted by Crippen LogP contribution is 2.27. The fourth-order valence-corrected chi connectivity index (χ4v) is 4.33. The lowest BCUT2D eigenvalue weighted by atomic mass is 10.1. The van der Waals surface area contributed by atoms with Crippen LogP contribution in [0.2, 0.25) is 0 Å². The van der Waals surface area contributed by atoms with Gasteiger partial charge in [0.1, 0.15) is 0 Å². The van der Waals surface area contributed by atoms with Gasteiger partial charge in [0.05, 0.1) is 17.9 Å². The molecule has 0 atom stereocenters. The Balaban J connectivity index is 1.87. The minimum Gasteiger partial charge on any atom is -0.397 e. The summed E-state index contributed by atoms with van der Waals surface area (Å²) in [4.78, 5) is 31.5. The third kappa shape index (κ3) is 2.65. The molecule has 3 heterocycles. The summed E-state index contributed by atoms with van der Waals surface area (Å²) in [7, 11) is 1.65. The normalized spacial score (nSPS) is 11.6. The van der Waals surface area contributed by atoms with E-state index < -0.39 is 5.69 Å². The first-order valence-corrected chi connectivity index (χ1v) is 10.4. The van der Waals surface area contributed by atoms with Crippen LogP contribution in [0.4, 0.5) is 5.69 Å². The summed E-state index contributed by atoms with van der Waals surface area (Å²) >= 11 is 0. The van der Waals surface area contributed by atoms with Crippen LogP contribution in [0.3, 0.4) is 0 Å². The Morgan fingerprint density at radius 3 is 2.34 bits per heavy atom. The summed E-state index contributed by atoms with van der Waals surface area (Å²) in [6.07, 6.45) is 0. The number of para-hydroxylation sites is 2. The molecule has 0 amide bonds. The zero-order valence-electron chi connectivity index (χ0n) is 18.5. The first-order chi connectivity index (χ1) is 15.3. The van der Waals surface area contributed by atoms with Crippen molar-refractivity contribution in [3.8, 4) is 5.69 Å². The Labute approximate surface area is 183 Å². The first kappa shape index (κ1) is 19.9. The van der Waals surface area contributed by atoms with Crippen LogP contribution in [0.5, 0.6) is 0 Å². The molecule has 0 aliphatic rings. The van der Waals surface area contributed by atoms with Gasteiger partial charge in [-0.05, 0) is 44.0 Å². The van der Waals surface area contributed by atoms with Crippen molar-refractivity contribution in [1.29, 1.82) is 0 Å². The molecule has 8 nitrogen and oxygen atoms in total. The highest BCUT2D eigenvalue weighted by Gasteiger charge is 2.24. The Kier molecular flexibility index (Phi) is 4.33. The van der Waals surface area contributed by atoms with E-state index in [-0.39, 0.29) is 12.1 Å². The maximum Gasteiger partial charge on any atom is 0.332 e. The van der Waals surface area contributed by atoms with Crippen molar-refractivity contribution in [2.75, 3.05) is 5.73 Å².